The van der Waals surface area contributed by atoms with Crippen molar-refractivity contribution in [3.05, 3.63) is 24.3 Å². The van der Waals surface area contributed by atoms with Crippen LogP contribution in [-0.4, -0.2) is 38.3 Å². The first-order valence-electron chi connectivity index (χ1n) is 8.20. The van der Waals surface area contributed by atoms with Crippen LogP contribution >= 0.6 is 0 Å². The minimum atomic E-state index is -3.46. The van der Waals surface area contributed by atoms with Gasteiger partial charge in [0.2, 0.25) is 15.9 Å². The number of sulfonamides is 1. The molecule has 5 nitrogen and oxygen atoms in total. The molecule has 23 heavy (non-hydrogen) atoms. The van der Waals surface area contributed by atoms with E-state index in [9.17, 15) is 13.2 Å². The van der Waals surface area contributed by atoms with E-state index in [1.54, 1.807) is 33.5 Å². The van der Waals surface area contributed by atoms with E-state index < -0.39 is 10.0 Å². The van der Waals surface area contributed by atoms with Crippen molar-refractivity contribution in [3.8, 4) is 0 Å². The molecule has 3 rings (SSSR count). The molecule has 6 heteroatoms. The van der Waals surface area contributed by atoms with Crippen LogP contribution < -0.4 is 4.90 Å². The Morgan fingerprint density at radius 1 is 1.04 bits per heavy atom. The number of hydrogen-bond donors (Lipinski definition) is 0. The Bertz CT molecular complexity index is 695. The zero-order valence-electron chi connectivity index (χ0n) is 13.8. The predicted molar refractivity (Wildman–Crippen MR) is 89.8 cm³/mol. The number of benzene rings is 1. The van der Waals surface area contributed by atoms with Crippen LogP contribution in [0.1, 0.15) is 39.5 Å². The Morgan fingerprint density at radius 3 is 2.30 bits per heavy atom. The lowest BCUT2D eigenvalue weighted by Crippen LogP contribution is -2.43. The van der Waals surface area contributed by atoms with Crippen LogP contribution in [0.5, 0.6) is 0 Å². The van der Waals surface area contributed by atoms with Crippen LogP contribution in [0.15, 0.2) is 29.2 Å². The second-order valence-corrected chi connectivity index (χ2v) is 9.19. The minimum absolute atomic E-state index is 0.0211. The number of anilines is 1. The van der Waals surface area contributed by atoms with Gasteiger partial charge in [-0.2, -0.15) is 4.31 Å². The summed E-state index contributed by atoms with van der Waals surface area (Å²) in [6.45, 7) is 6.07. The van der Waals surface area contributed by atoms with E-state index in [0.717, 1.165) is 24.9 Å². The highest BCUT2D eigenvalue weighted by Gasteiger charge is 2.34. The maximum Gasteiger partial charge on any atom is 0.243 e. The summed E-state index contributed by atoms with van der Waals surface area (Å²) in [6.07, 6.45) is 3.38. The van der Waals surface area contributed by atoms with Crippen molar-refractivity contribution in [2.45, 2.75) is 44.4 Å². The van der Waals surface area contributed by atoms with Gasteiger partial charge in [0.25, 0.3) is 0 Å². The van der Waals surface area contributed by atoms with Gasteiger partial charge in [-0.1, -0.05) is 13.8 Å². The Hall–Kier alpha value is -1.40. The first-order chi connectivity index (χ1) is 10.8. The third-order valence-electron chi connectivity index (χ3n) is 4.73. The van der Waals surface area contributed by atoms with Crippen LogP contribution in [0.25, 0.3) is 0 Å². The minimum Gasteiger partial charge on any atom is -0.312 e. The van der Waals surface area contributed by atoms with Gasteiger partial charge in [0.05, 0.1) is 4.90 Å². The molecule has 0 spiro atoms. The lowest BCUT2D eigenvalue weighted by atomic mass is 9.85. The summed E-state index contributed by atoms with van der Waals surface area (Å²) in [6, 6.07) is 6.73. The highest BCUT2D eigenvalue weighted by atomic mass is 32.2. The van der Waals surface area contributed by atoms with E-state index >= 15 is 0 Å². The van der Waals surface area contributed by atoms with Gasteiger partial charge in [0, 0.05) is 31.7 Å². The highest BCUT2D eigenvalue weighted by molar-refractivity contribution is 7.89. The van der Waals surface area contributed by atoms with Crippen molar-refractivity contribution >= 4 is 21.6 Å². The fourth-order valence-electron chi connectivity index (χ4n) is 3.44. The fraction of sp³-hybridized carbons (Fsp3) is 0.588. The predicted octanol–water partition coefficient (Wildman–Crippen LogP) is 2.62. The molecular weight excluding hydrogens is 312 g/mol. The van der Waals surface area contributed by atoms with E-state index in [1.165, 1.54) is 0 Å². The largest absolute Gasteiger partial charge is 0.312 e. The number of carbonyl (C=O) groups excluding carboxylic acids is 1. The molecule has 1 amide bonds. The molecule has 2 aliphatic heterocycles. The van der Waals surface area contributed by atoms with Crippen LogP contribution in [0.3, 0.4) is 0 Å². The first kappa shape index (κ1) is 16.5. The molecule has 0 radical (unpaired) electrons. The molecule has 0 aromatic heterocycles. The van der Waals surface area contributed by atoms with Gasteiger partial charge in [-0.05, 0) is 48.9 Å². The fourth-order valence-corrected chi connectivity index (χ4v) is 5.11. The summed E-state index contributed by atoms with van der Waals surface area (Å²) < 4.78 is 27.2. The molecule has 0 N–H and O–H groups in total. The van der Waals surface area contributed by atoms with Crippen molar-refractivity contribution in [3.63, 3.8) is 0 Å². The molecular formula is C17H24N2O3S. The highest BCUT2D eigenvalue weighted by Crippen LogP contribution is 2.32. The number of amides is 1. The van der Waals surface area contributed by atoms with Gasteiger partial charge in [-0.3, -0.25) is 4.79 Å². The quantitative estimate of drug-likeness (QED) is 0.852. The van der Waals surface area contributed by atoms with Gasteiger partial charge in [-0.25, -0.2) is 8.42 Å². The Kier molecular flexibility index (Phi) is 4.23. The molecule has 126 valence electrons. The Balaban J connectivity index is 1.82. The number of nitrogens with zero attached hydrogens (tertiary/aromatic N) is 2. The van der Waals surface area contributed by atoms with Crippen molar-refractivity contribution < 1.29 is 13.2 Å². The SMILES string of the molecule is CC1(C)CCCN(S(=O)(=O)c2ccc(N3CCCC3=O)cc2)C1. The molecule has 0 aliphatic carbocycles. The third-order valence-corrected chi connectivity index (χ3v) is 6.58. The molecule has 0 bridgehead atoms. The van der Waals surface area contributed by atoms with Crippen LogP contribution in [0, 0.1) is 5.41 Å². The van der Waals surface area contributed by atoms with Crippen LogP contribution in [-0.2, 0) is 14.8 Å². The van der Waals surface area contributed by atoms with Gasteiger partial charge in [-0.15, -0.1) is 0 Å². The topological polar surface area (TPSA) is 57.7 Å². The summed E-state index contributed by atoms with van der Waals surface area (Å²) >= 11 is 0. The number of hydrogen-bond acceptors (Lipinski definition) is 3. The zero-order chi connectivity index (χ0) is 16.7. The van der Waals surface area contributed by atoms with E-state index in [0.29, 0.717) is 31.0 Å². The smallest absolute Gasteiger partial charge is 0.243 e. The molecule has 1 aromatic rings. The first-order valence-corrected chi connectivity index (χ1v) is 9.64. The summed E-state index contributed by atoms with van der Waals surface area (Å²) in [7, 11) is -3.46. The standard InChI is InChI=1S/C17H24N2O3S/c1-17(2)10-4-11-18(13-17)23(21,22)15-8-6-14(7-9-15)19-12-3-5-16(19)20/h6-9H,3-5,10-13H2,1-2H3. The van der Waals surface area contributed by atoms with Crippen LogP contribution in [0.2, 0.25) is 0 Å². The second kappa shape index (κ2) is 5.91. The van der Waals surface area contributed by atoms with Crippen LogP contribution in [0.4, 0.5) is 5.69 Å². The van der Waals surface area contributed by atoms with E-state index in [-0.39, 0.29) is 11.3 Å². The molecule has 0 unspecified atom stereocenters. The lowest BCUT2D eigenvalue weighted by Gasteiger charge is -2.37. The van der Waals surface area contributed by atoms with Gasteiger partial charge in [0.15, 0.2) is 0 Å². The zero-order valence-corrected chi connectivity index (χ0v) is 14.6. The average Bonchev–Trinajstić information content (AvgIpc) is 2.92. The van der Waals surface area contributed by atoms with E-state index in [2.05, 4.69) is 13.8 Å². The molecule has 0 saturated carbocycles. The molecule has 2 saturated heterocycles. The summed E-state index contributed by atoms with van der Waals surface area (Å²) in [5.41, 5.74) is 0.804. The van der Waals surface area contributed by atoms with Crippen molar-refractivity contribution in [2.24, 2.45) is 5.41 Å². The second-order valence-electron chi connectivity index (χ2n) is 7.25. The van der Waals surface area contributed by atoms with E-state index in [1.807, 2.05) is 0 Å². The molecule has 2 aliphatic rings. The van der Waals surface area contributed by atoms with Crippen molar-refractivity contribution in [1.29, 1.82) is 0 Å². The normalized spacial score (nSPS) is 22.5. The van der Waals surface area contributed by atoms with E-state index in [4.69, 9.17) is 0 Å². The molecule has 0 atom stereocenters. The number of carbonyl (C=O) groups is 1. The Labute approximate surface area is 138 Å². The van der Waals surface area contributed by atoms with Crippen molar-refractivity contribution in [1.82, 2.24) is 4.31 Å². The summed E-state index contributed by atoms with van der Waals surface area (Å²) in [5.74, 6) is 0.110. The maximum absolute atomic E-state index is 12.8. The van der Waals surface area contributed by atoms with Gasteiger partial charge in [0.1, 0.15) is 0 Å². The Morgan fingerprint density at radius 2 is 1.74 bits per heavy atom. The lowest BCUT2D eigenvalue weighted by molar-refractivity contribution is -0.117. The molecule has 2 fully saturated rings. The average molecular weight is 336 g/mol. The van der Waals surface area contributed by atoms with Gasteiger partial charge >= 0.3 is 0 Å². The molecule has 2 heterocycles. The van der Waals surface area contributed by atoms with Crippen molar-refractivity contribution in [2.75, 3.05) is 24.5 Å². The summed E-state index contributed by atoms with van der Waals surface area (Å²) in [5, 5.41) is 0. The third kappa shape index (κ3) is 3.28. The maximum atomic E-state index is 12.8. The number of piperidine rings is 1. The summed E-state index contributed by atoms with van der Waals surface area (Å²) in [4.78, 5) is 13.8. The monoisotopic (exact) mass is 336 g/mol. The van der Waals surface area contributed by atoms with Gasteiger partial charge < -0.3 is 4.90 Å². The molecule has 1 aromatic carbocycles. The number of rotatable bonds is 3.